The van der Waals surface area contributed by atoms with Crippen molar-refractivity contribution in [2.45, 2.75) is 0 Å². The van der Waals surface area contributed by atoms with Crippen molar-refractivity contribution in [3.8, 4) is 28.7 Å². The maximum Gasteiger partial charge on any atom is 0.188 e. The number of ether oxygens (including phenoxy) is 6. The second-order valence-electron chi connectivity index (χ2n) is 6.38. The molecule has 0 amide bonds. The molecule has 31 heavy (non-hydrogen) atoms. The fourth-order valence-electron chi connectivity index (χ4n) is 3.34. The molecule has 0 atom stereocenters. The van der Waals surface area contributed by atoms with E-state index in [0.717, 1.165) is 15.9 Å². The molecule has 0 aliphatic carbocycles. The molecule has 0 aliphatic rings. The maximum atomic E-state index is 5.94. The minimum Gasteiger partial charge on any atom is -0.496 e. The topological polar surface area (TPSA) is 55.4 Å². The first kappa shape index (κ1) is 22.7. The predicted molar refractivity (Wildman–Crippen MR) is 124 cm³/mol. The van der Waals surface area contributed by atoms with Gasteiger partial charge in [0, 0.05) is 20.3 Å². The molecule has 0 spiro atoms. The minimum absolute atomic E-state index is 0.131. The van der Waals surface area contributed by atoms with E-state index < -0.39 is 7.92 Å². The summed E-state index contributed by atoms with van der Waals surface area (Å²) < 4.78 is 34.2. The lowest BCUT2D eigenvalue weighted by molar-refractivity contribution is 0.0519. The molecule has 0 N–H and O–H groups in total. The minimum atomic E-state index is -1.27. The summed E-state index contributed by atoms with van der Waals surface area (Å²) in [5.41, 5.74) is 0. The monoisotopic (exact) mass is 442 g/mol. The van der Waals surface area contributed by atoms with Crippen LogP contribution in [0.2, 0.25) is 0 Å². The molecule has 0 saturated heterocycles. The largest absolute Gasteiger partial charge is 0.496 e. The molecule has 0 fully saturated rings. The van der Waals surface area contributed by atoms with Crippen molar-refractivity contribution in [3.05, 3.63) is 60.7 Å². The van der Waals surface area contributed by atoms with Crippen molar-refractivity contribution in [1.82, 2.24) is 0 Å². The van der Waals surface area contributed by atoms with E-state index in [2.05, 4.69) is 0 Å². The molecule has 0 heterocycles. The van der Waals surface area contributed by atoms with Gasteiger partial charge in [-0.25, -0.2) is 0 Å². The van der Waals surface area contributed by atoms with Crippen LogP contribution in [0.25, 0.3) is 0 Å². The highest BCUT2D eigenvalue weighted by Gasteiger charge is 2.32. The molecule has 164 valence electrons. The van der Waals surface area contributed by atoms with Crippen LogP contribution in [0.1, 0.15) is 0 Å². The van der Waals surface area contributed by atoms with Crippen LogP contribution in [0.4, 0.5) is 0 Å². The summed E-state index contributed by atoms with van der Waals surface area (Å²) in [6.45, 7) is 0.131. The Bertz CT molecular complexity index is 907. The molecule has 0 saturated carbocycles. The number of methoxy groups -OCH3 is 5. The lowest BCUT2D eigenvalue weighted by Gasteiger charge is -2.27. The Kier molecular flexibility index (Phi) is 7.99. The number of hydrogen-bond donors (Lipinski definition) is 0. The molecule has 6 nitrogen and oxygen atoms in total. The van der Waals surface area contributed by atoms with Crippen LogP contribution in [-0.4, -0.2) is 42.3 Å². The third-order valence-electron chi connectivity index (χ3n) is 4.69. The van der Waals surface area contributed by atoms with Crippen molar-refractivity contribution < 1.29 is 28.4 Å². The molecule has 3 aromatic carbocycles. The normalized spacial score (nSPS) is 10.6. The highest BCUT2D eigenvalue weighted by Crippen LogP contribution is 2.47. The molecule has 3 aromatic rings. The van der Waals surface area contributed by atoms with E-state index in [4.69, 9.17) is 28.4 Å². The molecule has 3 rings (SSSR count). The quantitative estimate of drug-likeness (QED) is 0.354. The molecule has 0 radical (unpaired) electrons. The van der Waals surface area contributed by atoms with Crippen molar-refractivity contribution >= 4 is 23.8 Å². The summed E-state index contributed by atoms with van der Waals surface area (Å²) >= 11 is 0. The van der Waals surface area contributed by atoms with Crippen molar-refractivity contribution in [2.75, 3.05) is 42.3 Å². The van der Waals surface area contributed by atoms with Gasteiger partial charge in [0.25, 0.3) is 0 Å². The Morgan fingerprint density at radius 2 is 0.968 bits per heavy atom. The van der Waals surface area contributed by atoms with E-state index in [1.54, 1.807) is 35.5 Å². The standard InChI is InChI=1S/C24H27O6P/c1-25-16-30-17-10-6-7-15-22(17)31(23-18(26-2)11-8-12-19(23)27-3)24-20(28-4)13-9-14-21(24)29-5/h6-15H,16H2,1-5H3. The summed E-state index contributed by atoms with van der Waals surface area (Å²) in [5, 5.41) is 2.76. The van der Waals surface area contributed by atoms with Crippen LogP contribution in [0.5, 0.6) is 28.7 Å². The van der Waals surface area contributed by atoms with Crippen LogP contribution in [-0.2, 0) is 4.74 Å². The average molecular weight is 442 g/mol. The summed E-state index contributed by atoms with van der Waals surface area (Å²) in [7, 11) is 6.93. The lowest BCUT2D eigenvalue weighted by Crippen LogP contribution is -2.26. The molecule has 0 aromatic heterocycles. The summed E-state index contributed by atoms with van der Waals surface area (Å²) in [4.78, 5) is 0. The molecule has 7 heteroatoms. The fourth-order valence-corrected chi connectivity index (χ4v) is 6.19. The van der Waals surface area contributed by atoms with Gasteiger partial charge in [0.05, 0.1) is 39.0 Å². The molecule has 0 unspecified atom stereocenters. The second kappa shape index (κ2) is 10.9. The Morgan fingerprint density at radius 1 is 0.548 bits per heavy atom. The van der Waals surface area contributed by atoms with E-state index >= 15 is 0 Å². The van der Waals surface area contributed by atoms with E-state index in [1.165, 1.54) is 0 Å². The third kappa shape index (κ3) is 4.71. The van der Waals surface area contributed by atoms with Gasteiger partial charge in [0.1, 0.15) is 28.7 Å². The van der Waals surface area contributed by atoms with Crippen LogP contribution >= 0.6 is 7.92 Å². The number of benzene rings is 3. The first-order chi connectivity index (χ1) is 15.2. The van der Waals surface area contributed by atoms with Crippen molar-refractivity contribution in [3.63, 3.8) is 0 Å². The average Bonchev–Trinajstić information content (AvgIpc) is 2.83. The van der Waals surface area contributed by atoms with Crippen molar-refractivity contribution in [1.29, 1.82) is 0 Å². The highest BCUT2D eigenvalue weighted by molar-refractivity contribution is 7.80. The number of hydrogen-bond acceptors (Lipinski definition) is 6. The van der Waals surface area contributed by atoms with Crippen LogP contribution < -0.4 is 39.6 Å². The van der Waals surface area contributed by atoms with Gasteiger partial charge in [-0.2, -0.15) is 0 Å². The van der Waals surface area contributed by atoms with Gasteiger partial charge in [-0.05, 0) is 30.3 Å². The van der Waals surface area contributed by atoms with Gasteiger partial charge in [0.15, 0.2) is 6.79 Å². The van der Waals surface area contributed by atoms with Gasteiger partial charge in [0.2, 0.25) is 0 Å². The predicted octanol–water partition coefficient (Wildman–Crippen LogP) is 3.46. The van der Waals surface area contributed by atoms with E-state index in [0.29, 0.717) is 28.7 Å². The van der Waals surface area contributed by atoms with Crippen molar-refractivity contribution in [2.24, 2.45) is 0 Å². The van der Waals surface area contributed by atoms with Gasteiger partial charge in [-0.15, -0.1) is 0 Å². The zero-order valence-corrected chi connectivity index (χ0v) is 19.3. The third-order valence-corrected chi connectivity index (χ3v) is 7.32. The Labute approximate surface area is 184 Å². The van der Waals surface area contributed by atoms with Gasteiger partial charge >= 0.3 is 0 Å². The highest BCUT2D eigenvalue weighted by atomic mass is 31.1. The van der Waals surface area contributed by atoms with Crippen LogP contribution in [0.15, 0.2) is 60.7 Å². The molecular formula is C24H27O6P. The second-order valence-corrected chi connectivity index (χ2v) is 8.42. The summed E-state index contributed by atoms with van der Waals surface area (Å²) in [6.07, 6.45) is 0. The van der Waals surface area contributed by atoms with Crippen LogP contribution in [0, 0.1) is 0 Å². The maximum absolute atomic E-state index is 5.94. The Morgan fingerprint density at radius 3 is 1.39 bits per heavy atom. The summed E-state index contributed by atoms with van der Waals surface area (Å²) in [6, 6.07) is 19.4. The van der Waals surface area contributed by atoms with E-state index in [-0.39, 0.29) is 6.79 Å². The molecule has 0 bridgehead atoms. The Hall–Kier alpha value is -2.95. The van der Waals surface area contributed by atoms with E-state index in [1.807, 2.05) is 60.7 Å². The first-order valence-corrected chi connectivity index (χ1v) is 11.0. The smallest absolute Gasteiger partial charge is 0.188 e. The van der Waals surface area contributed by atoms with E-state index in [9.17, 15) is 0 Å². The lowest BCUT2D eigenvalue weighted by atomic mass is 10.3. The Balaban J connectivity index is 2.40. The van der Waals surface area contributed by atoms with Crippen LogP contribution in [0.3, 0.4) is 0 Å². The SMILES string of the molecule is COCOc1ccccc1P(c1c(OC)cccc1OC)c1c(OC)cccc1OC. The molecular weight excluding hydrogens is 415 g/mol. The summed E-state index contributed by atoms with van der Waals surface area (Å²) in [5.74, 6) is 3.54. The number of para-hydroxylation sites is 1. The zero-order valence-electron chi connectivity index (χ0n) is 18.4. The molecule has 0 aliphatic heterocycles. The zero-order chi connectivity index (χ0) is 22.2. The van der Waals surface area contributed by atoms with Gasteiger partial charge in [-0.3, -0.25) is 0 Å². The first-order valence-electron chi connectivity index (χ1n) is 9.63. The van der Waals surface area contributed by atoms with Gasteiger partial charge < -0.3 is 28.4 Å². The number of rotatable bonds is 10. The van der Waals surface area contributed by atoms with Gasteiger partial charge in [-0.1, -0.05) is 30.3 Å². The fraction of sp³-hybridized carbons (Fsp3) is 0.250.